The lowest BCUT2D eigenvalue weighted by molar-refractivity contribution is 0.570. The van der Waals surface area contributed by atoms with Crippen molar-refractivity contribution >= 4 is 15.7 Å². The first kappa shape index (κ1) is 16.9. The van der Waals surface area contributed by atoms with Crippen molar-refractivity contribution in [3.63, 3.8) is 0 Å². The van der Waals surface area contributed by atoms with Crippen molar-refractivity contribution < 1.29 is 8.42 Å². The fourth-order valence-corrected chi connectivity index (χ4v) is 3.17. The summed E-state index contributed by atoms with van der Waals surface area (Å²) in [5.41, 5.74) is 6.47. The van der Waals surface area contributed by atoms with Crippen LogP contribution in [0.2, 0.25) is 0 Å². The predicted octanol–water partition coefficient (Wildman–Crippen LogP) is 1.91. The van der Waals surface area contributed by atoms with Crippen molar-refractivity contribution in [1.29, 1.82) is 0 Å². The van der Waals surface area contributed by atoms with Crippen molar-refractivity contribution in [3.8, 4) is 0 Å². The van der Waals surface area contributed by atoms with Gasteiger partial charge in [0.15, 0.2) is 0 Å². The molecule has 0 saturated carbocycles. The van der Waals surface area contributed by atoms with Crippen molar-refractivity contribution in [3.05, 3.63) is 24.3 Å². The van der Waals surface area contributed by atoms with E-state index in [1.807, 2.05) is 0 Å². The second kappa shape index (κ2) is 7.61. The molecule has 0 aliphatic rings. The van der Waals surface area contributed by atoms with Gasteiger partial charge in [0.2, 0.25) is 10.0 Å². The summed E-state index contributed by atoms with van der Waals surface area (Å²) in [6.07, 6.45) is 1.87. The van der Waals surface area contributed by atoms with E-state index in [0.717, 1.165) is 18.5 Å². The van der Waals surface area contributed by atoms with Crippen LogP contribution < -0.4 is 15.8 Å². The molecule has 1 rings (SSSR count). The Balaban J connectivity index is 2.78. The second-order valence-corrected chi connectivity index (χ2v) is 6.84. The largest absolute Gasteiger partial charge is 0.382 e. The van der Waals surface area contributed by atoms with Crippen LogP contribution in [-0.4, -0.2) is 27.0 Å². The Morgan fingerprint density at radius 2 is 1.80 bits per heavy atom. The van der Waals surface area contributed by atoms with Crippen LogP contribution in [0.3, 0.4) is 0 Å². The zero-order valence-corrected chi connectivity index (χ0v) is 13.2. The van der Waals surface area contributed by atoms with Crippen molar-refractivity contribution in [1.82, 2.24) is 4.72 Å². The average molecular weight is 299 g/mol. The Morgan fingerprint density at radius 3 is 2.25 bits per heavy atom. The summed E-state index contributed by atoms with van der Waals surface area (Å²) in [6.45, 7) is 6.33. The number of benzene rings is 1. The molecular formula is C14H25N3O2S. The van der Waals surface area contributed by atoms with Gasteiger partial charge in [-0.15, -0.1) is 0 Å². The highest BCUT2D eigenvalue weighted by Crippen LogP contribution is 2.16. The van der Waals surface area contributed by atoms with Crippen LogP contribution >= 0.6 is 0 Å². The SMILES string of the molecule is CCC(CCN)Nc1ccc(S(=O)(=O)NC(C)C)cc1. The summed E-state index contributed by atoms with van der Waals surface area (Å²) in [4.78, 5) is 0.281. The van der Waals surface area contributed by atoms with Gasteiger partial charge in [-0.25, -0.2) is 13.1 Å². The molecule has 0 bridgehead atoms. The van der Waals surface area contributed by atoms with Gasteiger partial charge < -0.3 is 11.1 Å². The van der Waals surface area contributed by atoms with Gasteiger partial charge in [0.25, 0.3) is 0 Å². The maximum absolute atomic E-state index is 12.0. The molecule has 0 saturated heterocycles. The van der Waals surface area contributed by atoms with Gasteiger partial charge >= 0.3 is 0 Å². The van der Waals surface area contributed by atoms with Gasteiger partial charge in [-0.2, -0.15) is 0 Å². The third-order valence-corrected chi connectivity index (χ3v) is 4.61. The molecule has 0 radical (unpaired) electrons. The van der Waals surface area contributed by atoms with E-state index in [1.165, 1.54) is 0 Å². The van der Waals surface area contributed by atoms with E-state index in [0.29, 0.717) is 12.6 Å². The molecule has 0 aliphatic carbocycles. The standard InChI is InChI=1S/C14H25N3O2S/c1-4-12(9-10-15)16-13-5-7-14(8-6-13)20(18,19)17-11(2)3/h5-8,11-12,16-17H,4,9-10,15H2,1-3H3. The van der Waals surface area contributed by atoms with Crippen molar-refractivity contribution in [2.75, 3.05) is 11.9 Å². The van der Waals surface area contributed by atoms with Gasteiger partial charge in [0.05, 0.1) is 4.90 Å². The molecule has 20 heavy (non-hydrogen) atoms. The molecule has 0 spiro atoms. The highest BCUT2D eigenvalue weighted by Gasteiger charge is 2.15. The molecule has 0 aromatic heterocycles. The minimum atomic E-state index is -3.42. The smallest absolute Gasteiger partial charge is 0.240 e. The number of hydrogen-bond acceptors (Lipinski definition) is 4. The van der Waals surface area contributed by atoms with E-state index >= 15 is 0 Å². The Labute approximate surface area is 122 Å². The van der Waals surface area contributed by atoms with E-state index in [1.54, 1.807) is 38.1 Å². The Hall–Kier alpha value is -1.11. The van der Waals surface area contributed by atoms with E-state index in [-0.39, 0.29) is 10.9 Å². The molecule has 0 amide bonds. The summed E-state index contributed by atoms with van der Waals surface area (Å²) in [7, 11) is -3.42. The van der Waals surface area contributed by atoms with Gasteiger partial charge in [-0.05, 0) is 57.5 Å². The predicted molar refractivity (Wildman–Crippen MR) is 83.3 cm³/mol. The molecule has 4 N–H and O–H groups in total. The molecule has 0 fully saturated rings. The number of hydrogen-bond donors (Lipinski definition) is 3. The molecule has 0 heterocycles. The van der Waals surface area contributed by atoms with Crippen LogP contribution in [0, 0.1) is 0 Å². The first-order valence-electron chi connectivity index (χ1n) is 6.98. The second-order valence-electron chi connectivity index (χ2n) is 5.13. The number of rotatable bonds is 8. The topological polar surface area (TPSA) is 84.2 Å². The molecule has 1 aromatic carbocycles. The highest BCUT2D eigenvalue weighted by molar-refractivity contribution is 7.89. The lowest BCUT2D eigenvalue weighted by atomic mass is 10.1. The van der Waals surface area contributed by atoms with Crippen LogP contribution in [-0.2, 0) is 10.0 Å². The third kappa shape index (κ3) is 5.11. The molecule has 1 unspecified atom stereocenters. The number of nitrogens with one attached hydrogen (secondary N) is 2. The number of nitrogens with two attached hydrogens (primary N) is 1. The van der Waals surface area contributed by atoms with Crippen molar-refractivity contribution in [2.24, 2.45) is 5.73 Å². The van der Waals surface area contributed by atoms with Gasteiger partial charge in [0.1, 0.15) is 0 Å². The molecular weight excluding hydrogens is 274 g/mol. The van der Waals surface area contributed by atoms with Crippen LogP contribution in [0.5, 0.6) is 0 Å². The van der Waals surface area contributed by atoms with Gasteiger partial charge in [-0.3, -0.25) is 0 Å². The van der Waals surface area contributed by atoms with Gasteiger partial charge in [-0.1, -0.05) is 6.92 Å². The molecule has 114 valence electrons. The monoisotopic (exact) mass is 299 g/mol. The zero-order valence-electron chi connectivity index (χ0n) is 12.4. The summed E-state index contributed by atoms with van der Waals surface area (Å²) < 4.78 is 26.5. The minimum Gasteiger partial charge on any atom is -0.382 e. The van der Waals surface area contributed by atoms with Gasteiger partial charge in [0, 0.05) is 17.8 Å². The molecule has 0 aliphatic heterocycles. The maximum atomic E-state index is 12.0. The Bertz CT molecular complexity index is 498. The zero-order chi connectivity index (χ0) is 15.2. The summed E-state index contributed by atoms with van der Waals surface area (Å²) in [5.74, 6) is 0. The summed E-state index contributed by atoms with van der Waals surface area (Å²) >= 11 is 0. The number of anilines is 1. The average Bonchev–Trinajstić information content (AvgIpc) is 2.37. The highest BCUT2D eigenvalue weighted by atomic mass is 32.2. The Kier molecular flexibility index (Phi) is 6.45. The van der Waals surface area contributed by atoms with Crippen molar-refractivity contribution in [2.45, 2.75) is 50.6 Å². The fraction of sp³-hybridized carbons (Fsp3) is 0.571. The normalized spacial score (nSPS) is 13.4. The molecule has 1 aromatic rings. The molecule has 1 atom stereocenters. The summed E-state index contributed by atoms with van der Waals surface area (Å²) in [5, 5.41) is 3.35. The van der Waals surface area contributed by atoms with E-state index in [2.05, 4.69) is 17.0 Å². The fourth-order valence-electron chi connectivity index (χ4n) is 1.92. The first-order chi connectivity index (χ1) is 9.39. The van der Waals surface area contributed by atoms with Crippen LogP contribution in [0.25, 0.3) is 0 Å². The summed E-state index contributed by atoms with van der Waals surface area (Å²) in [6, 6.07) is 7.00. The van der Waals surface area contributed by atoms with E-state index in [9.17, 15) is 8.42 Å². The van der Waals surface area contributed by atoms with Crippen LogP contribution in [0.15, 0.2) is 29.2 Å². The minimum absolute atomic E-state index is 0.119. The quantitative estimate of drug-likeness (QED) is 0.684. The van der Waals surface area contributed by atoms with E-state index in [4.69, 9.17) is 5.73 Å². The molecule has 6 heteroatoms. The van der Waals surface area contributed by atoms with Crippen LogP contribution in [0.1, 0.15) is 33.6 Å². The lowest BCUT2D eigenvalue weighted by Gasteiger charge is -2.17. The lowest BCUT2D eigenvalue weighted by Crippen LogP contribution is -2.30. The Morgan fingerprint density at radius 1 is 1.20 bits per heavy atom. The number of sulfonamides is 1. The van der Waals surface area contributed by atoms with E-state index < -0.39 is 10.0 Å². The first-order valence-corrected chi connectivity index (χ1v) is 8.46. The maximum Gasteiger partial charge on any atom is 0.240 e. The molecule has 5 nitrogen and oxygen atoms in total. The third-order valence-electron chi connectivity index (χ3n) is 2.93. The van der Waals surface area contributed by atoms with Crippen LogP contribution in [0.4, 0.5) is 5.69 Å².